The van der Waals surface area contributed by atoms with Gasteiger partial charge < -0.3 is 15.2 Å². The number of pyridine rings is 2. The first-order chi connectivity index (χ1) is 16.7. The molecule has 7 heteroatoms. The third-order valence-corrected chi connectivity index (χ3v) is 7.19. The molecule has 1 aliphatic heterocycles. The summed E-state index contributed by atoms with van der Waals surface area (Å²) in [7, 11) is 0. The number of nitrogens with one attached hydrogen (secondary N) is 2. The number of aryl methyl sites for hydroxylation is 1. The highest BCUT2D eigenvalue weighted by molar-refractivity contribution is 5.94. The molecule has 2 fully saturated rings. The third kappa shape index (κ3) is 3.27. The SMILES string of the molecule is Cc1cc(-c2[nH]c3cc(-c4ccc(N5CCNCC5)nc4)ccc3c2C2CC2)cn2ncnc12. The number of anilines is 1. The first-order valence-corrected chi connectivity index (χ1v) is 12.1. The largest absolute Gasteiger partial charge is 0.354 e. The molecule has 0 radical (unpaired) electrons. The van der Waals surface area contributed by atoms with Gasteiger partial charge >= 0.3 is 0 Å². The number of H-pyrrole nitrogens is 1. The Morgan fingerprint density at radius 3 is 2.59 bits per heavy atom. The number of nitrogens with zero attached hydrogens (tertiary/aromatic N) is 5. The molecular weight excluding hydrogens is 422 g/mol. The van der Waals surface area contributed by atoms with Crippen molar-refractivity contribution in [3.05, 3.63) is 66.2 Å². The van der Waals surface area contributed by atoms with E-state index in [4.69, 9.17) is 4.98 Å². The molecule has 1 saturated heterocycles. The van der Waals surface area contributed by atoms with Gasteiger partial charge in [-0.15, -0.1) is 0 Å². The first kappa shape index (κ1) is 19.7. The summed E-state index contributed by atoms with van der Waals surface area (Å²) in [4.78, 5) is 15.3. The van der Waals surface area contributed by atoms with Gasteiger partial charge in [-0.05, 0) is 66.6 Å². The Balaban J connectivity index is 1.29. The maximum absolute atomic E-state index is 4.77. The Hall–Kier alpha value is -3.71. The summed E-state index contributed by atoms with van der Waals surface area (Å²) in [6, 6.07) is 13.4. The van der Waals surface area contributed by atoms with E-state index in [1.807, 2.05) is 10.7 Å². The van der Waals surface area contributed by atoms with Crippen LogP contribution >= 0.6 is 0 Å². The van der Waals surface area contributed by atoms with Crippen LogP contribution in [-0.2, 0) is 0 Å². The normalized spacial score (nSPS) is 16.6. The molecule has 0 bridgehead atoms. The number of aromatic amines is 1. The second-order valence-corrected chi connectivity index (χ2v) is 9.53. The number of benzene rings is 1. The summed E-state index contributed by atoms with van der Waals surface area (Å²) >= 11 is 0. The molecule has 5 heterocycles. The fourth-order valence-corrected chi connectivity index (χ4v) is 5.29. The Bertz CT molecular complexity index is 1500. The maximum atomic E-state index is 4.77. The Labute approximate surface area is 197 Å². The van der Waals surface area contributed by atoms with E-state index in [0.29, 0.717) is 5.92 Å². The summed E-state index contributed by atoms with van der Waals surface area (Å²) in [6.45, 7) is 6.15. The smallest absolute Gasteiger partial charge is 0.158 e. The monoisotopic (exact) mass is 449 g/mol. The van der Waals surface area contributed by atoms with Gasteiger partial charge in [0, 0.05) is 60.6 Å². The molecule has 4 aromatic heterocycles. The molecule has 7 nitrogen and oxygen atoms in total. The van der Waals surface area contributed by atoms with E-state index in [1.165, 1.54) is 40.6 Å². The van der Waals surface area contributed by atoms with Gasteiger partial charge in [-0.1, -0.05) is 12.1 Å². The predicted molar refractivity (Wildman–Crippen MR) is 135 cm³/mol. The van der Waals surface area contributed by atoms with Crippen LogP contribution in [0, 0.1) is 6.92 Å². The summed E-state index contributed by atoms with van der Waals surface area (Å²) in [5.41, 5.74) is 9.36. The minimum Gasteiger partial charge on any atom is -0.354 e. The number of fused-ring (bicyclic) bond motifs is 2. The molecule has 0 spiro atoms. The zero-order chi connectivity index (χ0) is 22.6. The van der Waals surface area contributed by atoms with Crippen LogP contribution in [0.4, 0.5) is 5.82 Å². The van der Waals surface area contributed by atoms with E-state index >= 15 is 0 Å². The fraction of sp³-hybridized carbons (Fsp3) is 0.296. The van der Waals surface area contributed by atoms with Crippen LogP contribution in [0.3, 0.4) is 0 Å². The van der Waals surface area contributed by atoms with Gasteiger partial charge in [-0.3, -0.25) is 0 Å². The van der Waals surface area contributed by atoms with Crippen molar-refractivity contribution >= 4 is 22.4 Å². The Morgan fingerprint density at radius 1 is 0.941 bits per heavy atom. The molecule has 1 aliphatic carbocycles. The van der Waals surface area contributed by atoms with Crippen LogP contribution in [-0.4, -0.2) is 50.7 Å². The van der Waals surface area contributed by atoms with Crippen LogP contribution in [0.5, 0.6) is 0 Å². The average Bonchev–Trinajstić information content (AvgIpc) is 3.46. The van der Waals surface area contributed by atoms with Crippen molar-refractivity contribution in [2.24, 2.45) is 0 Å². The summed E-state index contributed by atoms with van der Waals surface area (Å²) in [6.07, 6.45) is 8.22. The lowest BCUT2D eigenvalue weighted by Crippen LogP contribution is -2.43. The fourth-order valence-electron chi connectivity index (χ4n) is 5.29. The van der Waals surface area contributed by atoms with E-state index in [1.54, 1.807) is 6.33 Å². The third-order valence-electron chi connectivity index (χ3n) is 7.19. The van der Waals surface area contributed by atoms with Gasteiger partial charge in [0.05, 0.1) is 5.69 Å². The van der Waals surface area contributed by atoms with Crippen molar-refractivity contribution in [2.75, 3.05) is 31.1 Å². The second kappa shape index (κ2) is 7.67. The number of rotatable bonds is 4. The lowest BCUT2D eigenvalue weighted by Gasteiger charge is -2.28. The maximum Gasteiger partial charge on any atom is 0.158 e. The van der Waals surface area contributed by atoms with Crippen molar-refractivity contribution < 1.29 is 0 Å². The van der Waals surface area contributed by atoms with Gasteiger partial charge in [0.1, 0.15) is 12.1 Å². The van der Waals surface area contributed by atoms with Gasteiger partial charge in [0.25, 0.3) is 0 Å². The van der Waals surface area contributed by atoms with Gasteiger partial charge in [0.15, 0.2) is 5.65 Å². The number of hydrogen-bond donors (Lipinski definition) is 2. The highest BCUT2D eigenvalue weighted by Gasteiger charge is 2.30. The lowest BCUT2D eigenvalue weighted by atomic mass is 10.00. The van der Waals surface area contributed by atoms with Gasteiger partial charge in [-0.25, -0.2) is 14.5 Å². The van der Waals surface area contributed by atoms with Crippen LogP contribution in [0.25, 0.3) is 38.9 Å². The molecular formula is C27H27N7. The van der Waals surface area contributed by atoms with Crippen LogP contribution in [0.2, 0.25) is 0 Å². The van der Waals surface area contributed by atoms with Crippen molar-refractivity contribution in [3.8, 4) is 22.4 Å². The standard InChI is InChI=1S/C27H27N7/c1-17-12-21(15-34-27(17)30-16-31-34)26-25(18-2-3-18)22-6-4-19(13-23(22)32-26)20-5-7-24(29-14-20)33-10-8-28-9-11-33/h4-7,12-16,18,28,32H,2-3,8-11H2,1H3. The first-order valence-electron chi connectivity index (χ1n) is 12.1. The molecule has 7 rings (SSSR count). The second-order valence-electron chi connectivity index (χ2n) is 9.53. The van der Waals surface area contributed by atoms with E-state index in [9.17, 15) is 0 Å². The van der Waals surface area contributed by atoms with Gasteiger partial charge in [-0.2, -0.15) is 5.10 Å². The molecule has 0 unspecified atom stereocenters. The predicted octanol–water partition coefficient (Wildman–Crippen LogP) is 4.54. The van der Waals surface area contributed by atoms with E-state index in [-0.39, 0.29) is 0 Å². The van der Waals surface area contributed by atoms with Crippen molar-refractivity contribution in [3.63, 3.8) is 0 Å². The van der Waals surface area contributed by atoms with Crippen molar-refractivity contribution in [1.82, 2.24) is 29.9 Å². The highest BCUT2D eigenvalue weighted by atomic mass is 15.3. The Kier molecular flexibility index (Phi) is 4.45. The number of piperazine rings is 1. The summed E-state index contributed by atoms with van der Waals surface area (Å²) < 4.78 is 1.88. The zero-order valence-electron chi connectivity index (χ0n) is 19.3. The van der Waals surface area contributed by atoms with Crippen molar-refractivity contribution in [2.45, 2.75) is 25.7 Å². The zero-order valence-corrected chi connectivity index (χ0v) is 19.3. The van der Waals surface area contributed by atoms with E-state index in [2.05, 4.69) is 74.8 Å². The van der Waals surface area contributed by atoms with E-state index < -0.39 is 0 Å². The van der Waals surface area contributed by atoms with Crippen molar-refractivity contribution in [1.29, 1.82) is 0 Å². The lowest BCUT2D eigenvalue weighted by molar-refractivity contribution is 0.585. The molecule has 170 valence electrons. The minimum absolute atomic E-state index is 0.626. The van der Waals surface area contributed by atoms with Crippen LogP contribution in [0.1, 0.15) is 29.9 Å². The molecule has 34 heavy (non-hydrogen) atoms. The topological polar surface area (TPSA) is 74.1 Å². The quantitative estimate of drug-likeness (QED) is 0.422. The minimum atomic E-state index is 0.626. The van der Waals surface area contributed by atoms with Crippen LogP contribution in [0.15, 0.2) is 55.1 Å². The molecule has 1 saturated carbocycles. The number of hydrogen-bond acceptors (Lipinski definition) is 5. The molecule has 5 aromatic rings. The molecule has 0 amide bonds. The molecule has 2 aliphatic rings. The number of aromatic nitrogens is 5. The highest BCUT2D eigenvalue weighted by Crippen LogP contribution is 2.48. The molecule has 2 N–H and O–H groups in total. The summed E-state index contributed by atoms with van der Waals surface area (Å²) in [5.74, 6) is 1.68. The molecule has 0 atom stereocenters. The van der Waals surface area contributed by atoms with Crippen LogP contribution < -0.4 is 10.2 Å². The average molecular weight is 450 g/mol. The van der Waals surface area contributed by atoms with Gasteiger partial charge in [0.2, 0.25) is 0 Å². The summed E-state index contributed by atoms with van der Waals surface area (Å²) in [5, 5.41) is 9.10. The molecule has 1 aromatic carbocycles. The Morgan fingerprint density at radius 2 is 1.79 bits per heavy atom. The van der Waals surface area contributed by atoms with E-state index in [0.717, 1.165) is 54.3 Å².